The van der Waals surface area contributed by atoms with Crippen molar-refractivity contribution in [2.75, 3.05) is 11.9 Å². The van der Waals surface area contributed by atoms with Crippen LogP contribution in [0.5, 0.6) is 0 Å². The fraction of sp³-hybridized carbons (Fsp3) is 0.357. The van der Waals surface area contributed by atoms with Crippen LogP contribution >= 0.6 is 12.2 Å². The van der Waals surface area contributed by atoms with Gasteiger partial charge in [-0.25, -0.2) is 0 Å². The van der Waals surface area contributed by atoms with Gasteiger partial charge in [-0.15, -0.1) is 0 Å². The molecule has 0 aliphatic carbocycles. The summed E-state index contributed by atoms with van der Waals surface area (Å²) in [6.07, 6.45) is 2.01. The summed E-state index contributed by atoms with van der Waals surface area (Å²) in [6, 6.07) is 6.89. The maximum atomic E-state index is 11.8. The summed E-state index contributed by atoms with van der Waals surface area (Å²) in [7, 11) is 0. The number of anilines is 1. The second-order valence-corrected chi connectivity index (χ2v) is 4.73. The number of carbonyl (C=O) groups excluding carboxylic acids is 2. The van der Waals surface area contributed by atoms with Crippen molar-refractivity contribution in [3.8, 4) is 0 Å². The van der Waals surface area contributed by atoms with Gasteiger partial charge >= 0.3 is 0 Å². The standard InChI is InChI=1S/C14H19N3O2S/c1-3-4-9-15-13(19)11-5-7-12(8-6-11)17-14(20)16-10(2)18/h5-8H,3-4,9H2,1-2H3,(H,15,19)(H2,16,17,18,20). The summed E-state index contributed by atoms with van der Waals surface area (Å²) in [5.74, 6) is -0.316. The molecule has 1 rings (SSSR count). The van der Waals surface area contributed by atoms with Crippen molar-refractivity contribution in [1.29, 1.82) is 0 Å². The Kier molecular flexibility index (Phi) is 6.66. The molecule has 20 heavy (non-hydrogen) atoms. The van der Waals surface area contributed by atoms with Crippen LogP contribution in [0.15, 0.2) is 24.3 Å². The Morgan fingerprint density at radius 3 is 2.40 bits per heavy atom. The van der Waals surface area contributed by atoms with Crippen molar-refractivity contribution in [2.45, 2.75) is 26.7 Å². The van der Waals surface area contributed by atoms with E-state index in [9.17, 15) is 9.59 Å². The summed E-state index contributed by atoms with van der Waals surface area (Å²) in [5.41, 5.74) is 1.31. The molecule has 1 aromatic carbocycles. The Morgan fingerprint density at radius 2 is 1.85 bits per heavy atom. The number of unbranched alkanes of at least 4 members (excludes halogenated alkanes) is 1. The lowest BCUT2D eigenvalue weighted by Crippen LogP contribution is -2.32. The van der Waals surface area contributed by atoms with Crippen LogP contribution in [0.25, 0.3) is 0 Å². The minimum atomic E-state index is -0.227. The normalized spacial score (nSPS) is 9.70. The SMILES string of the molecule is CCCCNC(=O)c1ccc(NC(=S)NC(C)=O)cc1. The third-order valence-corrected chi connectivity index (χ3v) is 2.71. The van der Waals surface area contributed by atoms with E-state index in [0.717, 1.165) is 12.8 Å². The van der Waals surface area contributed by atoms with Crippen molar-refractivity contribution in [2.24, 2.45) is 0 Å². The van der Waals surface area contributed by atoms with Crippen molar-refractivity contribution in [3.05, 3.63) is 29.8 Å². The van der Waals surface area contributed by atoms with E-state index in [4.69, 9.17) is 12.2 Å². The highest BCUT2D eigenvalue weighted by molar-refractivity contribution is 7.80. The Labute approximate surface area is 124 Å². The molecule has 0 heterocycles. The van der Waals surface area contributed by atoms with E-state index in [-0.39, 0.29) is 16.9 Å². The first kappa shape index (κ1) is 16.1. The zero-order valence-corrected chi connectivity index (χ0v) is 12.5. The third-order valence-electron chi connectivity index (χ3n) is 2.51. The molecular weight excluding hydrogens is 274 g/mol. The fourth-order valence-corrected chi connectivity index (χ4v) is 1.77. The van der Waals surface area contributed by atoms with Gasteiger partial charge in [0.25, 0.3) is 5.91 Å². The highest BCUT2D eigenvalue weighted by Crippen LogP contribution is 2.09. The predicted octanol–water partition coefficient (Wildman–Crippen LogP) is 2.05. The molecule has 0 aliphatic rings. The fourth-order valence-electron chi connectivity index (χ4n) is 1.51. The zero-order valence-electron chi connectivity index (χ0n) is 11.7. The minimum Gasteiger partial charge on any atom is -0.352 e. The van der Waals surface area contributed by atoms with Gasteiger partial charge < -0.3 is 16.0 Å². The highest BCUT2D eigenvalue weighted by atomic mass is 32.1. The molecule has 5 nitrogen and oxygen atoms in total. The second kappa shape index (κ2) is 8.27. The molecule has 2 amide bonds. The maximum Gasteiger partial charge on any atom is 0.251 e. The molecule has 0 atom stereocenters. The average Bonchev–Trinajstić information content (AvgIpc) is 2.38. The molecule has 0 spiro atoms. The van der Waals surface area contributed by atoms with Crippen LogP contribution in [0.4, 0.5) is 5.69 Å². The number of nitrogens with one attached hydrogen (secondary N) is 3. The summed E-state index contributed by atoms with van der Waals surface area (Å²) in [5, 5.41) is 8.40. The van der Waals surface area contributed by atoms with Crippen molar-refractivity contribution in [3.63, 3.8) is 0 Å². The molecule has 0 saturated heterocycles. The monoisotopic (exact) mass is 293 g/mol. The molecule has 108 valence electrons. The summed E-state index contributed by atoms with van der Waals surface area (Å²) >= 11 is 4.94. The molecule has 1 aromatic rings. The Balaban J connectivity index is 2.53. The number of hydrogen-bond donors (Lipinski definition) is 3. The summed E-state index contributed by atoms with van der Waals surface area (Å²) in [6.45, 7) is 4.14. The quantitative estimate of drug-likeness (QED) is 0.574. The van der Waals surface area contributed by atoms with Gasteiger partial charge in [-0.3, -0.25) is 9.59 Å². The van der Waals surface area contributed by atoms with Crippen LogP contribution in [0, 0.1) is 0 Å². The first-order valence-corrected chi connectivity index (χ1v) is 6.90. The van der Waals surface area contributed by atoms with E-state index in [1.165, 1.54) is 6.92 Å². The Morgan fingerprint density at radius 1 is 1.20 bits per heavy atom. The second-order valence-electron chi connectivity index (χ2n) is 4.32. The number of amides is 2. The molecule has 0 aliphatic heterocycles. The lowest BCUT2D eigenvalue weighted by Gasteiger charge is -2.09. The van der Waals surface area contributed by atoms with Crippen molar-refractivity contribution >= 4 is 34.8 Å². The predicted molar refractivity (Wildman–Crippen MR) is 83.7 cm³/mol. The number of benzene rings is 1. The molecule has 0 radical (unpaired) electrons. The van der Waals surface area contributed by atoms with Crippen molar-refractivity contribution in [1.82, 2.24) is 10.6 Å². The van der Waals surface area contributed by atoms with E-state index in [1.54, 1.807) is 24.3 Å². The van der Waals surface area contributed by atoms with E-state index in [1.807, 2.05) is 0 Å². The molecule has 3 N–H and O–H groups in total. The lowest BCUT2D eigenvalue weighted by molar-refractivity contribution is -0.117. The van der Waals surface area contributed by atoms with Gasteiger partial charge in [0, 0.05) is 24.7 Å². The zero-order chi connectivity index (χ0) is 15.0. The Bertz CT molecular complexity index is 486. The highest BCUT2D eigenvalue weighted by Gasteiger charge is 2.05. The molecule has 0 unspecified atom stereocenters. The van der Waals surface area contributed by atoms with Gasteiger partial charge in [0.15, 0.2) is 5.11 Å². The van der Waals surface area contributed by atoms with Gasteiger partial charge in [0.1, 0.15) is 0 Å². The lowest BCUT2D eigenvalue weighted by atomic mass is 10.2. The summed E-state index contributed by atoms with van der Waals surface area (Å²) < 4.78 is 0. The molecule has 0 fully saturated rings. The molecule has 0 saturated carbocycles. The molecule has 6 heteroatoms. The molecule has 0 bridgehead atoms. The first-order valence-electron chi connectivity index (χ1n) is 6.49. The third kappa shape index (κ3) is 5.79. The smallest absolute Gasteiger partial charge is 0.251 e. The van der Waals surface area contributed by atoms with E-state index in [2.05, 4.69) is 22.9 Å². The van der Waals surface area contributed by atoms with Crippen LogP contribution in [0.3, 0.4) is 0 Å². The minimum absolute atomic E-state index is 0.0885. The van der Waals surface area contributed by atoms with Crippen LogP contribution < -0.4 is 16.0 Å². The van der Waals surface area contributed by atoms with E-state index >= 15 is 0 Å². The van der Waals surface area contributed by atoms with Crippen LogP contribution in [-0.2, 0) is 4.79 Å². The first-order chi connectivity index (χ1) is 9.52. The van der Waals surface area contributed by atoms with Gasteiger partial charge in [-0.05, 0) is 42.9 Å². The van der Waals surface area contributed by atoms with Crippen LogP contribution in [0.2, 0.25) is 0 Å². The Hall–Kier alpha value is -1.95. The maximum absolute atomic E-state index is 11.8. The van der Waals surface area contributed by atoms with E-state index in [0.29, 0.717) is 17.8 Å². The van der Waals surface area contributed by atoms with Gasteiger partial charge in [-0.1, -0.05) is 13.3 Å². The topological polar surface area (TPSA) is 70.2 Å². The number of carbonyl (C=O) groups is 2. The van der Waals surface area contributed by atoms with Gasteiger partial charge in [0.2, 0.25) is 5.91 Å². The number of thiocarbonyl (C=S) groups is 1. The summed E-state index contributed by atoms with van der Waals surface area (Å²) in [4.78, 5) is 22.6. The molecule has 0 aromatic heterocycles. The van der Waals surface area contributed by atoms with Gasteiger partial charge in [-0.2, -0.15) is 0 Å². The van der Waals surface area contributed by atoms with E-state index < -0.39 is 0 Å². The van der Waals surface area contributed by atoms with Crippen molar-refractivity contribution < 1.29 is 9.59 Å². The van der Waals surface area contributed by atoms with Gasteiger partial charge in [0.05, 0.1) is 0 Å². The van der Waals surface area contributed by atoms with Crippen LogP contribution in [0.1, 0.15) is 37.0 Å². The average molecular weight is 293 g/mol. The largest absolute Gasteiger partial charge is 0.352 e. The number of hydrogen-bond acceptors (Lipinski definition) is 3. The number of rotatable bonds is 5. The van der Waals surface area contributed by atoms with Crippen LogP contribution in [-0.4, -0.2) is 23.5 Å². The molecular formula is C14H19N3O2S.